The van der Waals surface area contributed by atoms with Crippen molar-refractivity contribution in [1.29, 1.82) is 0 Å². The number of allylic oxidation sites excluding steroid dienone is 3. The summed E-state index contributed by atoms with van der Waals surface area (Å²) in [5.74, 6) is -0.0898. The van der Waals surface area contributed by atoms with Gasteiger partial charge in [-0.3, -0.25) is 9.59 Å². The van der Waals surface area contributed by atoms with Crippen molar-refractivity contribution in [2.24, 2.45) is 0 Å². The molecule has 0 aliphatic heterocycles. The van der Waals surface area contributed by atoms with E-state index in [9.17, 15) is 9.59 Å². The monoisotopic (exact) mass is 264 g/mol. The zero-order chi connectivity index (χ0) is 13.9. The van der Waals surface area contributed by atoms with E-state index in [-0.39, 0.29) is 5.91 Å². The number of carbonyl (C=O) groups is 2. The van der Waals surface area contributed by atoms with Crippen LogP contribution in [0.3, 0.4) is 0 Å². The number of hydrogen-bond donors (Lipinski definition) is 2. The highest BCUT2D eigenvalue weighted by Gasteiger charge is 2.15. The van der Waals surface area contributed by atoms with Crippen LogP contribution in [-0.4, -0.2) is 31.8 Å². The van der Waals surface area contributed by atoms with E-state index in [1.807, 2.05) is 6.08 Å². The first kappa shape index (κ1) is 15.6. The lowest BCUT2D eigenvalue weighted by atomic mass is 9.98. The molecule has 1 amide bonds. The molecule has 4 heteroatoms. The Labute approximate surface area is 115 Å². The summed E-state index contributed by atoms with van der Waals surface area (Å²) in [5, 5.41) is 6.22. The molecule has 0 heterocycles. The normalized spacial score (nSPS) is 14.6. The van der Waals surface area contributed by atoms with Crippen molar-refractivity contribution in [3.63, 3.8) is 0 Å². The number of nitrogens with one attached hydrogen (secondary N) is 2. The van der Waals surface area contributed by atoms with Crippen molar-refractivity contribution in [2.75, 3.05) is 19.6 Å². The average Bonchev–Trinajstić information content (AvgIpc) is 2.46. The predicted molar refractivity (Wildman–Crippen MR) is 76.9 cm³/mol. The Hall–Kier alpha value is -1.42. The minimum Gasteiger partial charge on any atom is -0.352 e. The van der Waals surface area contributed by atoms with E-state index in [1.54, 1.807) is 6.08 Å². The van der Waals surface area contributed by atoms with Crippen LogP contribution in [0.4, 0.5) is 0 Å². The first-order valence-electron chi connectivity index (χ1n) is 7.13. The molecule has 1 aliphatic carbocycles. The fourth-order valence-corrected chi connectivity index (χ4v) is 2.02. The Bertz CT molecular complexity index is 359. The van der Waals surface area contributed by atoms with Crippen LogP contribution < -0.4 is 10.6 Å². The Morgan fingerprint density at radius 2 is 2.11 bits per heavy atom. The van der Waals surface area contributed by atoms with E-state index in [4.69, 9.17) is 0 Å². The fourth-order valence-electron chi connectivity index (χ4n) is 2.02. The lowest BCUT2D eigenvalue weighted by Gasteiger charge is -2.12. The number of rotatable bonds is 9. The third-order valence-corrected chi connectivity index (χ3v) is 3.10. The fraction of sp³-hybridized carbons (Fsp3) is 0.600. The topological polar surface area (TPSA) is 58.2 Å². The second kappa shape index (κ2) is 9.50. The van der Waals surface area contributed by atoms with Crippen molar-refractivity contribution in [3.05, 3.63) is 23.3 Å². The van der Waals surface area contributed by atoms with Gasteiger partial charge in [-0.15, -0.1) is 0 Å². The molecule has 0 aromatic heterocycles. The second-order valence-electron chi connectivity index (χ2n) is 4.71. The molecule has 0 saturated heterocycles. The number of unbranched alkanes of at least 4 members (excludes halogenated alkanes) is 1. The molecule has 0 aromatic carbocycles. The van der Waals surface area contributed by atoms with Crippen LogP contribution in [0.15, 0.2) is 23.3 Å². The molecule has 0 unspecified atom stereocenters. The van der Waals surface area contributed by atoms with Crippen LogP contribution in [-0.2, 0) is 9.59 Å². The van der Waals surface area contributed by atoms with Crippen molar-refractivity contribution >= 4 is 12.2 Å². The zero-order valence-corrected chi connectivity index (χ0v) is 11.7. The molecular formula is C15H24N2O2. The van der Waals surface area contributed by atoms with Crippen molar-refractivity contribution < 1.29 is 9.59 Å². The molecule has 0 bridgehead atoms. The standard InChI is InChI=1S/C15H24N2O2/c1-2-9-16-10-5-6-11-17-15(19)14-8-4-3-7-13(14)12-18/h3,7,12,16H,2,4-6,8-11H2,1H3,(H,17,19). The molecule has 2 N–H and O–H groups in total. The van der Waals surface area contributed by atoms with Gasteiger partial charge in [0.1, 0.15) is 0 Å². The van der Waals surface area contributed by atoms with Crippen LogP contribution in [0.5, 0.6) is 0 Å². The summed E-state index contributed by atoms with van der Waals surface area (Å²) >= 11 is 0. The minimum atomic E-state index is -0.0898. The zero-order valence-electron chi connectivity index (χ0n) is 11.7. The maximum atomic E-state index is 11.9. The van der Waals surface area contributed by atoms with Gasteiger partial charge in [-0.05, 0) is 45.2 Å². The van der Waals surface area contributed by atoms with Gasteiger partial charge < -0.3 is 10.6 Å². The van der Waals surface area contributed by atoms with Gasteiger partial charge in [0.15, 0.2) is 6.29 Å². The van der Waals surface area contributed by atoms with Gasteiger partial charge in [0.2, 0.25) is 5.91 Å². The van der Waals surface area contributed by atoms with Crippen LogP contribution in [0.25, 0.3) is 0 Å². The quantitative estimate of drug-likeness (QED) is 0.492. The van der Waals surface area contributed by atoms with Gasteiger partial charge in [-0.25, -0.2) is 0 Å². The Morgan fingerprint density at radius 1 is 1.32 bits per heavy atom. The molecule has 19 heavy (non-hydrogen) atoms. The third-order valence-electron chi connectivity index (χ3n) is 3.10. The molecule has 1 aliphatic rings. The van der Waals surface area contributed by atoms with Gasteiger partial charge in [0.25, 0.3) is 0 Å². The lowest BCUT2D eigenvalue weighted by molar-refractivity contribution is -0.118. The van der Waals surface area contributed by atoms with Crippen LogP contribution >= 0.6 is 0 Å². The SMILES string of the molecule is CCCNCCCCNC(=O)C1=C(C=O)C=CCC1. The van der Waals surface area contributed by atoms with E-state index < -0.39 is 0 Å². The van der Waals surface area contributed by atoms with E-state index in [2.05, 4.69) is 17.6 Å². The maximum absolute atomic E-state index is 11.9. The summed E-state index contributed by atoms with van der Waals surface area (Å²) in [5.41, 5.74) is 1.15. The summed E-state index contributed by atoms with van der Waals surface area (Å²) in [4.78, 5) is 22.8. The molecule has 106 valence electrons. The third kappa shape index (κ3) is 5.83. The molecule has 1 rings (SSSR count). The van der Waals surface area contributed by atoms with E-state index >= 15 is 0 Å². The van der Waals surface area contributed by atoms with Gasteiger partial charge in [0.05, 0.1) is 0 Å². The second-order valence-corrected chi connectivity index (χ2v) is 4.71. The van der Waals surface area contributed by atoms with Crippen LogP contribution in [0, 0.1) is 0 Å². The first-order valence-corrected chi connectivity index (χ1v) is 7.13. The number of carbonyl (C=O) groups excluding carboxylic acids is 2. The molecule has 4 nitrogen and oxygen atoms in total. The molecule has 0 aromatic rings. The van der Waals surface area contributed by atoms with Gasteiger partial charge in [-0.1, -0.05) is 19.1 Å². The highest BCUT2D eigenvalue weighted by atomic mass is 16.1. The van der Waals surface area contributed by atoms with E-state index in [0.717, 1.165) is 45.1 Å². The summed E-state index contributed by atoms with van der Waals surface area (Å²) in [6.07, 6.45) is 9.09. The van der Waals surface area contributed by atoms with Gasteiger partial charge >= 0.3 is 0 Å². The van der Waals surface area contributed by atoms with Crippen molar-refractivity contribution in [1.82, 2.24) is 10.6 Å². The largest absolute Gasteiger partial charge is 0.352 e. The van der Waals surface area contributed by atoms with Crippen molar-refractivity contribution in [2.45, 2.75) is 39.0 Å². The van der Waals surface area contributed by atoms with Crippen LogP contribution in [0.2, 0.25) is 0 Å². The average molecular weight is 264 g/mol. The summed E-state index contributed by atoms with van der Waals surface area (Å²) in [7, 11) is 0. The highest BCUT2D eigenvalue weighted by molar-refractivity contribution is 6.00. The summed E-state index contributed by atoms with van der Waals surface area (Å²) in [6.45, 7) is 4.86. The van der Waals surface area contributed by atoms with Gasteiger partial charge in [-0.2, -0.15) is 0 Å². The molecule has 0 atom stereocenters. The van der Waals surface area contributed by atoms with E-state index in [1.165, 1.54) is 0 Å². The summed E-state index contributed by atoms with van der Waals surface area (Å²) < 4.78 is 0. The molecule has 0 saturated carbocycles. The number of aldehydes is 1. The summed E-state index contributed by atoms with van der Waals surface area (Å²) in [6, 6.07) is 0. The lowest BCUT2D eigenvalue weighted by Crippen LogP contribution is -2.28. The molecular weight excluding hydrogens is 240 g/mol. The highest BCUT2D eigenvalue weighted by Crippen LogP contribution is 2.17. The Kier molecular flexibility index (Phi) is 7.82. The first-order chi connectivity index (χ1) is 9.29. The smallest absolute Gasteiger partial charge is 0.247 e. The van der Waals surface area contributed by atoms with Gasteiger partial charge in [0, 0.05) is 17.7 Å². The van der Waals surface area contributed by atoms with Crippen molar-refractivity contribution in [3.8, 4) is 0 Å². The molecule has 0 radical (unpaired) electrons. The number of hydrogen-bond acceptors (Lipinski definition) is 3. The van der Waals surface area contributed by atoms with E-state index in [0.29, 0.717) is 24.1 Å². The van der Waals surface area contributed by atoms with Crippen LogP contribution in [0.1, 0.15) is 39.0 Å². The Balaban J connectivity index is 2.22. The molecule has 0 fully saturated rings. The minimum absolute atomic E-state index is 0.0898. The predicted octanol–water partition coefficient (Wildman–Crippen LogP) is 1.73. The maximum Gasteiger partial charge on any atom is 0.247 e. The molecule has 0 spiro atoms. The number of amides is 1. The Morgan fingerprint density at radius 3 is 2.84 bits per heavy atom.